The van der Waals surface area contributed by atoms with Crippen LogP contribution in [0.3, 0.4) is 0 Å². The molecule has 2 rings (SSSR count). The summed E-state index contributed by atoms with van der Waals surface area (Å²) in [5.74, 6) is 0.510. The van der Waals surface area contributed by atoms with Crippen molar-refractivity contribution in [3.8, 4) is 0 Å². The molecule has 94 valence electrons. The van der Waals surface area contributed by atoms with E-state index in [0.717, 1.165) is 25.5 Å². The second-order valence-corrected chi connectivity index (χ2v) is 5.36. The van der Waals surface area contributed by atoms with Crippen LogP contribution >= 0.6 is 11.6 Å². The molecule has 2 N–H and O–H groups in total. The van der Waals surface area contributed by atoms with Crippen LogP contribution in [0, 0.1) is 0 Å². The third-order valence-corrected chi connectivity index (χ3v) is 3.44. The van der Waals surface area contributed by atoms with Gasteiger partial charge < -0.3 is 10.5 Å². The molecule has 1 aromatic rings. The molecule has 1 aliphatic rings. The Morgan fingerprint density at radius 1 is 1.53 bits per heavy atom. The van der Waals surface area contributed by atoms with Gasteiger partial charge in [-0.05, 0) is 26.0 Å². The van der Waals surface area contributed by atoms with Gasteiger partial charge in [-0.3, -0.25) is 4.90 Å². The number of morpholine rings is 1. The molecule has 1 aliphatic heterocycles. The van der Waals surface area contributed by atoms with Crippen LogP contribution in [0.15, 0.2) is 12.1 Å². The predicted molar refractivity (Wildman–Crippen MR) is 69.0 cm³/mol. The normalized spacial score (nSPS) is 20.4. The Kier molecular flexibility index (Phi) is 3.56. The second kappa shape index (κ2) is 4.80. The Bertz CT molecular complexity index is 409. The van der Waals surface area contributed by atoms with Crippen molar-refractivity contribution in [3.05, 3.63) is 22.8 Å². The van der Waals surface area contributed by atoms with Crippen LogP contribution in [-0.2, 0) is 11.3 Å². The van der Waals surface area contributed by atoms with Gasteiger partial charge in [0.2, 0.25) is 0 Å². The average molecular weight is 256 g/mol. The molecule has 0 amide bonds. The van der Waals surface area contributed by atoms with E-state index in [4.69, 9.17) is 22.1 Å². The molecular weight excluding hydrogens is 238 g/mol. The fraction of sp³-hybridized carbons (Fsp3) is 0.583. The standard InChI is InChI=1S/C12H18ClN3O/c1-12(2)8-17-6-5-16(12)7-10-9(13)3-4-11(14)15-10/h3-4H,5-8H2,1-2H3,(H2,14,15). The largest absolute Gasteiger partial charge is 0.384 e. The van der Waals surface area contributed by atoms with Crippen LogP contribution in [-0.4, -0.2) is 35.2 Å². The molecule has 0 unspecified atom stereocenters. The number of hydrogen-bond donors (Lipinski definition) is 1. The third-order valence-electron chi connectivity index (χ3n) is 3.10. The van der Waals surface area contributed by atoms with Gasteiger partial charge in [-0.1, -0.05) is 11.6 Å². The van der Waals surface area contributed by atoms with E-state index >= 15 is 0 Å². The summed E-state index contributed by atoms with van der Waals surface area (Å²) in [4.78, 5) is 6.62. The zero-order valence-corrected chi connectivity index (χ0v) is 11.0. The Balaban J connectivity index is 2.16. The van der Waals surface area contributed by atoms with Gasteiger partial charge in [0.15, 0.2) is 0 Å². The number of hydrogen-bond acceptors (Lipinski definition) is 4. The minimum absolute atomic E-state index is 0.00780. The minimum atomic E-state index is 0.00780. The number of nitrogen functional groups attached to an aromatic ring is 1. The maximum Gasteiger partial charge on any atom is 0.123 e. The van der Waals surface area contributed by atoms with Crippen molar-refractivity contribution in [2.45, 2.75) is 25.9 Å². The number of halogens is 1. The van der Waals surface area contributed by atoms with E-state index in [1.807, 2.05) is 0 Å². The van der Waals surface area contributed by atoms with E-state index in [9.17, 15) is 0 Å². The summed E-state index contributed by atoms with van der Waals surface area (Å²) < 4.78 is 5.49. The molecule has 0 atom stereocenters. The van der Waals surface area contributed by atoms with Crippen LogP contribution in [0.5, 0.6) is 0 Å². The first-order valence-electron chi connectivity index (χ1n) is 5.73. The van der Waals surface area contributed by atoms with Crippen LogP contribution in [0.2, 0.25) is 5.02 Å². The van der Waals surface area contributed by atoms with Crippen LogP contribution < -0.4 is 5.73 Å². The SMILES string of the molecule is CC1(C)COCCN1Cc1nc(N)ccc1Cl. The van der Waals surface area contributed by atoms with Gasteiger partial charge in [-0.2, -0.15) is 0 Å². The molecule has 2 heterocycles. The fourth-order valence-corrected chi connectivity index (χ4v) is 2.14. The van der Waals surface area contributed by atoms with Crippen LogP contribution in [0.4, 0.5) is 5.82 Å². The molecule has 4 nitrogen and oxygen atoms in total. The third kappa shape index (κ3) is 2.89. The minimum Gasteiger partial charge on any atom is -0.384 e. The lowest BCUT2D eigenvalue weighted by atomic mass is 10.0. The summed E-state index contributed by atoms with van der Waals surface area (Å²) in [6.07, 6.45) is 0. The fourth-order valence-electron chi connectivity index (χ4n) is 1.98. The van der Waals surface area contributed by atoms with E-state index in [2.05, 4.69) is 23.7 Å². The molecule has 1 saturated heterocycles. The number of aromatic nitrogens is 1. The van der Waals surface area contributed by atoms with Gasteiger partial charge in [-0.25, -0.2) is 4.98 Å². The zero-order chi connectivity index (χ0) is 12.5. The van der Waals surface area contributed by atoms with Gasteiger partial charge in [0.25, 0.3) is 0 Å². The molecule has 1 fully saturated rings. The van der Waals surface area contributed by atoms with Crippen molar-refractivity contribution in [1.82, 2.24) is 9.88 Å². The molecule has 0 bridgehead atoms. The van der Waals surface area contributed by atoms with Crippen molar-refractivity contribution in [1.29, 1.82) is 0 Å². The summed E-state index contributed by atoms with van der Waals surface area (Å²) >= 11 is 6.13. The summed E-state index contributed by atoms with van der Waals surface area (Å²) in [5.41, 5.74) is 6.53. The van der Waals surface area contributed by atoms with Crippen molar-refractivity contribution in [2.24, 2.45) is 0 Å². The molecule has 0 aliphatic carbocycles. The van der Waals surface area contributed by atoms with E-state index < -0.39 is 0 Å². The maximum atomic E-state index is 6.13. The molecule has 0 saturated carbocycles. The Labute approximate surface area is 107 Å². The summed E-state index contributed by atoms with van der Waals surface area (Å²) in [5, 5.41) is 0.668. The van der Waals surface area contributed by atoms with Gasteiger partial charge in [-0.15, -0.1) is 0 Å². The highest BCUT2D eigenvalue weighted by molar-refractivity contribution is 6.31. The molecule has 17 heavy (non-hydrogen) atoms. The van der Waals surface area contributed by atoms with Crippen molar-refractivity contribution < 1.29 is 4.74 Å². The van der Waals surface area contributed by atoms with Crippen LogP contribution in [0.1, 0.15) is 19.5 Å². The maximum absolute atomic E-state index is 6.13. The highest BCUT2D eigenvalue weighted by Crippen LogP contribution is 2.24. The molecule has 5 heteroatoms. The second-order valence-electron chi connectivity index (χ2n) is 4.95. The van der Waals surface area contributed by atoms with Crippen molar-refractivity contribution in [3.63, 3.8) is 0 Å². The molecule has 0 spiro atoms. The average Bonchev–Trinajstić information content (AvgIpc) is 2.26. The number of pyridine rings is 1. The predicted octanol–water partition coefficient (Wildman–Crippen LogP) is 1.93. The van der Waals surface area contributed by atoms with Gasteiger partial charge in [0, 0.05) is 18.6 Å². The number of nitrogens with zero attached hydrogens (tertiary/aromatic N) is 2. The quantitative estimate of drug-likeness (QED) is 0.877. The van der Waals surface area contributed by atoms with Crippen LogP contribution in [0.25, 0.3) is 0 Å². The number of anilines is 1. The first-order chi connectivity index (χ1) is 7.99. The topological polar surface area (TPSA) is 51.4 Å². The van der Waals surface area contributed by atoms with E-state index in [1.165, 1.54) is 0 Å². The molecule has 0 radical (unpaired) electrons. The Morgan fingerprint density at radius 2 is 2.29 bits per heavy atom. The van der Waals surface area contributed by atoms with Gasteiger partial charge in [0.1, 0.15) is 5.82 Å². The van der Waals surface area contributed by atoms with E-state index in [1.54, 1.807) is 12.1 Å². The van der Waals surface area contributed by atoms with E-state index in [0.29, 0.717) is 17.4 Å². The first-order valence-corrected chi connectivity index (χ1v) is 6.10. The van der Waals surface area contributed by atoms with Gasteiger partial charge >= 0.3 is 0 Å². The molecule has 1 aromatic heterocycles. The lowest BCUT2D eigenvalue weighted by molar-refractivity contribution is -0.0557. The molecule has 0 aromatic carbocycles. The number of ether oxygens (including phenoxy) is 1. The van der Waals surface area contributed by atoms with Crippen molar-refractivity contribution in [2.75, 3.05) is 25.5 Å². The van der Waals surface area contributed by atoms with Gasteiger partial charge in [0.05, 0.1) is 23.9 Å². The van der Waals surface area contributed by atoms with E-state index in [-0.39, 0.29) is 5.54 Å². The molecular formula is C12H18ClN3O. The summed E-state index contributed by atoms with van der Waals surface area (Å²) in [6.45, 7) is 7.40. The summed E-state index contributed by atoms with van der Waals surface area (Å²) in [6, 6.07) is 3.52. The number of rotatable bonds is 2. The number of nitrogens with two attached hydrogens (primary N) is 1. The van der Waals surface area contributed by atoms with Crippen molar-refractivity contribution >= 4 is 17.4 Å². The zero-order valence-electron chi connectivity index (χ0n) is 10.2. The highest BCUT2D eigenvalue weighted by Gasteiger charge is 2.31. The monoisotopic (exact) mass is 255 g/mol. The lowest BCUT2D eigenvalue weighted by Gasteiger charge is -2.42. The smallest absolute Gasteiger partial charge is 0.123 e. The Hall–Kier alpha value is -0.840. The Morgan fingerprint density at radius 3 is 3.00 bits per heavy atom. The first kappa shape index (κ1) is 12.6. The lowest BCUT2D eigenvalue weighted by Crippen LogP contribution is -2.52. The summed E-state index contributed by atoms with van der Waals surface area (Å²) in [7, 11) is 0. The highest BCUT2D eigenvalue weighted by atomic mass is 35.5.